The van der Waals surface area contributed by atoms with Crippen LogP contribution in [-0.4, -0.2) is 76.7 Å². The first-order chi connectivity index (χ1) is 16.1. The molecule has 190 valence electrons. The second-order valence-electron chi connectivity index (χ2n) is 8.41. The van der Waals surface area contributed by atoms with Crippen molar-refractivity contribution in [2.75, 3.05) is 18.6 Å². The number of benzene rings is 1. The number of aliphatic carboxylic acids is 1. The van der Waals surface area contributed by atoms with Gasteiger partial charge in [-0.3, -0.25) is 14.4 Å². The Morgan fingerprint density at radius 1 is 0.941 bits per heavy atom. The number of aliphatic hydroxyl groups is 1. The van der Waals surface area contributed by atoms with Gasteiger partial charge in [0.1, 0.15) is 18.1 Å². The SMILES string of the molecule is CSCCC(N)C(=O)NC(CO)C(=O)NC(CC(C)C)C(=O)NC(Cc1ccccc1)C(=O)O. The first kappa shape index (κ1) is 29.4. The van der Waals surface area contributed by atoms with Crippen molar-refractivity contribution in [3.05, 3.63) is 35.9 Å². The van der Waals surface area contributed by atoms with Gasteiger partial charge >= 0.3 is 5.97 Å². The van der Waals surface area contributed by atoms with E-state index in [0.717, 1.165) is 5.56 Å². The Kier molecular flexibility index (Phi) is 13.2. The summed E-state index contributed by atoms with van der Waals surface area (Å²) in [6.07, 6.45) is 2.59. The number of nitrogens with one attached hydrogen (secondary N) is 3. The van der Waals surface area contributed by atoms with Gasteiger partial charge in [0, 0.05) is 6.42 Å². The van der Waals surface area contributed by atoms with E-state index in [4.69, 9.17) is 5.73 Å². The molecule has 3 amide bonds. The molecule has 1 aromatic rings. The highest BCUT2D eigenvalue weighted by atomic mass is 32.2. The number of thioether (sulfide) groups is 1. The molecular formula is C23H36N4O6S. The van der Waals surface area contributed by atoms with Gasteiger partial charge in [-0.2, -0.15) is 11.8 Å². The van der Waals surface area contributed by atoms with Crippen LogP contribution in [0.3, 0.4) is 0 Å². The van der Waals surface area contributed by atoms with Gasteiger partial charge in [-0.15, -0.1) is 0 Å². The number of aliphatic hydroxyl groups excluding tert-OH is 1. The van der Waals surface area contributed by atoms with Gasteiger partial charge in [-0.25, -0.2) is 4.79 Å². The number of nitrogens with two attached hydrogens (primary N) is 1. The van der Waals surface area contributed by atoms with Crippen LogP contribution < -0.4 is 21.7 Å². The molecule has 0 radical (unpaired) electrons. The Hall–Kier alpha value is -2.63. The summed E-state index contributed by atoms with van der Waals surface area (Å²) in [5.41, 5.74) is 6.55. The second kappa shape index (κ2) is 15.3. The van der Waals surface area contributed by atoms with Gasteiger partial charge < -0.3 is 31.9 Å². The number of rotatable bonds is 15. The standard InChI is InChI=1S/C23H36N4O6S/c1-14(2)11-17(21(30)26-18(23(32)33)12-15-7-5-4-6-8-15)25-22(31)19(13-28)27-20(29)16(24)9-10-34-3/h4-8,14,16-19,28H,9-13,24H2,1-3H3,(H,25,31)(H,26,30)(H,27,29)(H,32,33). The van der Waals surface area contributed by atoms with Crippen molar-refractivity contribution >= 4 is 35.5 Å². The minimum atomic E-state index is -1.30. The Labute approximate surface area is 204 Å². The number of carboxylic acids is 1. The summed E-state index contributed by atoms with van der Waals surface area (Å²) >= 11 is 1.53. The average Bonchev–Trinajstić information content (AvgIpc) is 2.79. The second-order valence-corrected chi connectivity index (χ2v) is 9.40. The highest BCUT2D eigenvalue weighted by molar-refractivity contribution is 7.98. The molecule has 0 heterocycles. The molecule has 0 saturated heterocycles. The minimum absolute atomic E-state index is 0.00409. The van der Waals surface area contributed by atoms with E-state index < -0.39 is 54.5 Å². The van der Waals surface area contributed by atoms with Crippen molar-refractivity contribution in [3.8, 4) is 0 Å². The summed E-state index contributed by atoms with van der Waals surface area (Å²) < 4.78 is 0. The van der Waals surface area contributed by atoms with Crippen LogP contribution in [0.1, 0.15) is 32.3 Å². The summed E-state index contributed by atoms with van der Waals surface area (Å²) in [6, 6.07) is 4.49. The van der Waals surface area contributed by atoms with E-state index in [0.29, 0.717) is 12.2 Å². The van der Waals surface area contributed by atoms with Crippen LogP contribution in [0.15, 0.2) is 30.3 Å². The molecule has 0 aromatic heterocycles. The monoisotopic (exact) mass is 496 g/mol. The van der Waals surface area contributed by atoms with E-state index in [2.05, 4.69) is 16.0 Å². The summed E-state index contributed by atoms with van der Waals surface area (Å²) in [7, 11) is 0. The molecule has 7 N–H and O–H groups in total. The van der Waals surface area contributed by atoms with Crippen LogP contribution in [0.2, 0.25) is 0 Å². The zero-order valence-electron chi connectivity index (χ0n) is 19.8. The van der Waals surface area contributed by atoms with Gasteiger partial charge in [-0.1, -0.05) is 44.2 Å². The smallest absolute Gasteiger partial charge is 0.326 e. The average molecular weight is 497 g/mol. The number of hydrogen-bond donors (Lipinski definition) is 6. The molecule has 0 aliphatic rings. The molecule has 4 atom stereocenters. The van der Waals surface area contributed by atoms with Crippen LogP contribution in [0.5, 0.6) is 0 Å². The third-order valence-electron chi connectivity index (χ3n) is 5.02. The van der Waals surface area contributed by atoms with E-state index in [1.807, 2.05) is 20.1 Å². The number of amides is 3. The van der Waals surface area contributed by atoms with E-state index >= 15 is 0 Å². The molecule has 0 bridgehead atoms. The summed E-state index contributed by atoms with van der Waals surface area (Å²) in [4.78, 5) is 49.6. The molecule has 10 nitrogen and oxygen atoms in total. The lowest BCUT2D eigenvalue weighted by molar-refractivity contribution is -0.142. The first-order valence-electron chi connectivity index (χ1n) is 11.1. The molecule has 0 aliphatic carbocycles. The first-order valence-corrected chi connectivity index (χ1v) is 12.5. The normalized spacial score (nSPS) is 14.5. The zero-order valence-corrected chi connectivity index (χ0v) is 20.6. The Morgan fingerprint density at radius 3 is 2.03 bits per heavy atom. The number of carbonyl (C=O) groups excluding carboxylic acids is 3. The fourth-order valence-corrected chi connectivity index (χ4v) is 3.64. The van der Waals surface area contributed by atoms with Crippen molar-refractivity contribution in [1.82, 2.24) is 16.0 Å². The lowest BCUT2D eigenvalue weighted by atomic mass is 10.0. The lowest BCUT2D eigenvalue weighted by Crippen LogP contribution is -2.58. The third-order valence-corrected chi connectivity index (χ3v) is 5.67. The molecule has 11 heteroatoms. The zero-order chi connectivity index (χ0) is 25.7. The highest BCUT2D eigenvalue weighted by Gasteiger charge is 2.30. The van der Waals surface area contributed by atoms with Crippen LogP contribution >= 0.6 is 11.8 Å². The predicted octanol–water partition coefficient (Wildman–Crippen LogP) is -0.113. The quantitative estimate of drug-likeness (QED) is 0.195. The predicted molar refractivity (Wildman–Crippen MR) is 131 cm³/mol. The van der Waals surface area contributed by atoms with Gasteiger partial charge in [-0.05, 0) is 36.3 Å². The van der Waals surface area contributed by atoms with Gasteiger partial charge in [0.25, 0.3) is 0 Å². The molecule has 34 heavy (non-hydrogen) atoms. The van der Waals surface area contributed by atoms with Crippen LogP contribution in [0, 0.1) is 5.92 Å². The molecule has 0 fully saturated rings. The van der Waals surface area contributed by atoms with Gasteiger partial charge in [0.05, 0.1) is 12.6 Å². The van der Waals surface area contributed by atoms with Crippen LogP contribution in [0.4, 0.5) is 0 Å². The molecule has 0 aliphatic heterocycles. The molecule has 4 unspecified atom stereocenters. The van der Waals surface area contributed by atoms with E-state index in [1.54, 1.807) is 30.3 Å². The minimum Gasteiger partial charge on any atom is -0.480 e. The number of hydrogen-bond acceptors (Lipinski definition) is 7. The largest absolute Gasteiger partial charge is 0.480 e. The highest BCUT2D eigenvalue weighted by Crippen LogP contribution is 2.08. The molecule has 0 saturated carbocycles. The van der Waals surface area contributed by atoms with E-state index in [1.165, 1.54) is 11.8 Å². The van der Waals surface area contributed by atoms with Crippen molar-refractivity contribution < 1.29 is 29.4 Å². The molecular weight excluding hydrogens is 460 g/mol. The molecule has 1 aromatic carbocycles. The van der Waals surface area contributed by atoms with Crippen LogP contribution in [0.25, 0.3) is 0 Å². The van der Waals surface area contributed by atoms with Crippen molar-refractivity contribution in [3.63, 3.8) is 0 Å². The van der Waals surface area contributed by atoms with Crippen LogP contribution in [-0.2, 0) is 25.6 Å². The Balaban J connectivity index is 2.87. The van der Waals surface area contributed by atoms with Crippen molar-refractivity contribution in [2.24, 2.45) is 11.7 Å². The van der Waals surface area contributed by atoms with Gasteiger partial charge in [0.2, 0.25) is 17.7 Å². The fourth-order valence-electron chi connectivity index (χ4n) is 3.15. The van der Waals surface area contributed by atoms with E-state index in [-0.39, 0.29) is 18.8 Å². The molecule has 1 rings (SSSR count). The number of carbonyl (C=O) groups is 4. The maximum absolute atomic E-state index is 12.9. The topological polar surface area (TPSA) is 171 Å². The van der Waals surface area contributed by atoms with Crippen molar-refractivity contribution in [1.29, 1.82) is 0 Å². The van der Waals surface area contributed by atoms with Gasteiger partial charge in [0.15, 0.2) is 0 Å². The number of carboxylic acid groups (broad SMARTS) is 1. The maximum Gasteiger partial charge on any atom is 0.326 e. The Morgan fingerprint density at radius 2 is 1.50 bits per heavy atom. The van der Waals surface area contributed by atoms with Crippen molar-refractivity contribution in [2.45, 2.75) is 57.3 Å². The summed E-state index contributed by atoms with van der Waals surface area (Å²) in [5.74, 6) is -2.55. The Bertz CT molecular complexity index is 808. The summed E-state index contributed by atoms with van der Waals surface area (Å²) in [6.45, 7) is 3.01. The fraction of sp³-hybridized carbons (Fsp3) is 0.565. The third kappa shape index (κ3) is 10.5. The lowest BCUT2D eigenvalue weighted by Gasteiger charge is -2.25. The summed E-state index contributed by atoms with van der Waals surface area (Å²) in [5, 5.41) is 26.6. The van der Waals surface area contributed by atoms with E-state index in [9.17, 15) is 29.4 Å². The maximum atomic E-state index is 12.9. The molecule has 0 spiro atoms.